The second-order valence-corrected chi connectivity index (χ2v) is 8.64. The largest absolute Gasteiger partial charge is 0.492 e. The van der Waals surface area contributed by atoms with E-state index in [1.165, 1.54) is 22.2 Å². The summed E-state index contributed by atoms with van der Waals surface area (Å²) >= 11 is 2.42. The fourth-order valence-electron chi connectivity index (χ4n) is 2.78. The zero-order valence-corrected chi connectivity index (χ0v) is 17.9. The van der Waals surface area contributed by atoms with Crippen molar-refractivity contribution in [2.75, 3.05) is 13.2 Å². The average molecular weight is 438 g/mol. The van der Waals surface area contributed by atoms with Gasteiger partial charge in [0.05, 0.1) is 11.4 Å². The van der Waals surface area contributed by atoms with Gasteiger partial charge in [-0.2, -0.15) is 0 Å². The number of hydrogen-bond donors (Lipinski definition) is 0. The van der Waals surface area contributed by atoms with E-state index >= 15 is 0 Å². The third kappa shape index (κ3) is 4.98. The fraction of sp³-hybridized carbons (Fsp3) is 0.130. The molecule has 30 heavy (non-hydrogen) atoms. The van der Waals surface area contributed by atoms with Crippen molar-refractivity contribution in [3.8, 4) is 5.75 Å². The topological polar surface area (TPSA) is 59.8 Å². The smallest absolute Gasteiger partial charge is 0.293 e. The maximum Gasteiger partial charge on any atom is 0.293 e. The van der Waals surface area contributed by atoms with Gasteiger partial charge < -0.3 is 9.15 Å². The monoisotopic (exact) mass is 437 g/mol. The first-order chi connectivity index (χ1) is 14.6. The zero-order chi connectivity index (χ0) is 20.9. The Labute approximate surface area is 183 Å². The number of aryl methyl sites for hydroxylation is 1. The summed E-state index contributed by atoms with van der Waals surface area (Å²) in [6.07, 6.45) is 1.61. The quantitative estimate of drug-likeness (QED) is 0.432. The molecule has 5 nitrogen and oxygen atoms in total. The number of carbonyl (C=O) groups excluding carboxylic acids is 2. The highest BCUT2D eigenvalue weighted by atomic mass is 32.2. The van der Waals surface area contributed by atoms with E-state index in [2.05, 4.69) is 0 Å². The first kappa shape index (κ1) is 20.4. The number of rotatable bonds is 7. The number of benzene rings is 2. The van der Waals surface area contributed by atoms with Crippen LogP contribution in [0.1, 0.15) is 11.3 Å². The lowest BCUT2D eigenvalue weighted by atomic mass is 10.2. The number of para-hydroxylation sites is 1. The molecule has 2 heterocycles. The van der Waals surface area contributed by atoms with Crippen LogP contribution in [-0.2, 0) is 4.79 Å². The first-order valence-electron chi connectivity index (χ1n) is 9.36. The third-order valence-electron chi connectivity index (χ3n) is 4.32. The van der Waals surface area contributed by atoms with Crippen molar-refractivity contribution in [3.63, 3.8) is 0 Å². The van der Waals surface area contributed by atoms with E-state index in [0.29, 0.717) is 16.4 Å². The van der Waals surface area contributed by atoms with E-state index in [1.807, 2.05) is 67.6 Å². The van der Waals surface area contributed by atoms with E-state index in [0.717, 1.165) is 21.7 Å². The Morgan fingerprint density at radius 3 is 2.57 bits per heavy atom. The van der Waals surface area contributed by atoms with Gasteiger partial charge in [-0.05, 0) is 55.1 Å². The summed E-state index contributed by atoms with van der Waals surface area (Å²) in [5.74, 6) is 0.913. The third-order valence-corrected chi connectivity index (χ3v) is 6.15. The average Bonchev–Trinajstić information content (AvgIpc) is 3.29. The van der Waals surface area contributed by atoms with Crippen LogP contribution in [0.4, 0.5) is 4.79 Å². The molecule has 0 saturated carbocycles. The van der Waals surface area contributed by atoms with Gasteiger partial charge in [-0.15, -0.1) is 0 Å². The molecule has 0 bridgehead atoms. The fourth-order valence-corrected chi connectivity index (χ4v) is 4.41. The number of hydrogen-bond acceptors (Lipinski definition) is 6. The molecule has 3 aromatic rings. The second kappa shape index (κ2) is 9.28. The number of thioether (sulfide) groups is 1. The highest BCUT2D eigenvalue weighted by Gasteiger charge is 2.35. The first-order valence-corrected chi connectivity index (χ1v) is 11.0. The molecule has 0 N–H and O–H groups in total. The summed E-state index contributed by atoms with van der Waals surface area (Å²) in [6.45, 7) is 2.48. The number of nitrogens with zero attached hydrogens (tertiary/aromatic N) is 1. The highest BCUT2D eigenvalue weighted by molar-refractivity contribution is 8.18. The molecule has 0 atom stereocenters. The molecule has 1 aliphatic rings. The summed E-state index contributed by atoms with van der Waals surface area (Å²) in [5, 5.41) is 0.421. The van der Waals surface area contributed by atoms with Crippen LogP contribution < -0.4 is 4.74 Å². The standard InChI is InChI=1S/C23H19NO4S2/c1-16-7-10-19(11-8-16)29-21-12-9-18(28-21)15-20-22(25)24(23(26)30-20)13-14-27-17-5-3-2-4-6-17/h2-12,15H,13-14H2,1H3/b20-15-. The van der Waals surface area contributed by atoms with Crippen LogP contribution >= 0.6 is 23.5 Å². The van der Waals surface area contributed by atoms with Gasteiger partial charge in [-0.25, -0.2) is 0 Å². The molecule has 0 radical (unpaired) electrons. The number of ether oxygens (including phenoxy) is 1. The lowest BCUT2D eigenvalue weighted by Crippen LogP contribution is -2.32. The molecule has 152 valence electrons. The lowest BCUT2D eigenvalue weighted by Gasteiger charge is -2.13. The molecule has 0 unspecified atom stereocenters. The van der Waals surface area contributed by atoms with E-state index < -0.39 is 0 Å². The van der Waals surface area contributed by atoms with Crippen molar-refractivity contribution in [2.24, 2.45) is 0 Å². The summed E-state index contributed by atoms with van der Waals surface area (Å²) < 4.78 is 11.4. The molecule has 7 heteroatoms. The van der Waals surface area contributed by atoms with Crippen molar-refractivity contribution in [3.05, 3.63) is 83.0 Å². The van der Waals surface area contributed by atoms with E-state index in [4.69, 9.17) is 9.15 Å². The van der Waals surface area contributed by atoms with Crippen LogP contribution in [0.15, 0.2) is 86.0 Å². The molecule has 1 aliphatic heterocycles. The Hall–Kier alpha value is -2.90. The van der Waals surface area contributed by atoms with Gasteiger partial charge >= 0.3 is 0 Å². The van der Waals surface area contributed by atoms with Gasteiger partial charge in [0.1, 0.15) is 18.1 Å². The minimum atomic E-state index is -0.328. The zero-order valence-electron chi connectivity index (χ0n) is 16.2. The Morgan fingerprint density at radius 2 is 1.80 bits per heavy atom. The number of furan rings is 1. The molecular weight excluding hydrogens is 418 g/mol. The molecular formula is C23H19NO4S2. The normalized spacial score (nSPS) is 15.2. The maximum absolute atomic E-state index is 12.6. The number of amides is 2. The minimum Gasteiger partial charge on any atom is -0.492 e. The minimum absolute atomic E-state index is 0.198. The van der Waals surface area contributed by atoms with Crippen LogP contribution in [0.25, 0.3) is 6.08 Å². The summed E-state index contributed by atoms with van der Waals surface area (Å²) in [4.78, 5) is 27.5. The molecule has 2 amide bonds. The van der Waals surface area contributed by atoms with Gasteiger partial charge in [0.15, 0.2) is 5.09 Å². The van der Waals surface area contributed by atoms with Gasteiger partial charge in [0, 0.05) is 11.0 Å². The molecule has 2 aromatic carbocycles. The molecule has 1 fully saturated rings. The Bertz CT molecular complexity index is 1070. The summed E-state index contributed by atoms with van der Waals surface area (Å²) in [7, 11) is 0. The molecule has 4 rings (SSSR count). The predicted octanol–water partition coefficient (Wildman–Crippen LogP) is 5.85. The van der Waals surface area contributed by atoms with E-state index in [9.17, 15) is 9.59 Å². The number of imide groups is 1. The second-order valence-electron chi connectivity index (χ2n) is 6.57. The summed E-state index contributed by atoms with van der Waals surface area (Å²) in [6, 6.07) is 21.1. The molecule has 1 aromatic heterocycles. The van der Waals surface area contributed by atoms with Crippen molar-refractivity contribution in [1.29, 1.82) is 0 Å². The van der Waals surface area contributed by atoms with Crippen LogP contribution in [0.2, 0.25) is 0 Å². The Kier molecular flexibility index (Phi) is 6.30. The lowest BCUT2D eigenvalue weighted by molar-refractivity contribution is -0.123. The van der Waals surface area contributed by atoms with Crippen LogP contribution in [0.5, 0.6) is 5.75 Å². The van der Waals surface area contributed by atoms with E-state index in [1.54, 1.807) is 12.1 Å². The molecule has 1 saturated heterocycles. The van der Waals surface area contributed by atoms with Gasteiger partial charge in [0.2, 0.25) is 0 Å². The van der Waals surface area contributed by atoms with Crippen molar-refractivity contribution in [1.82, 2.24) is 4.90 Å². The Balaban J connectivity index is 1.37. The van der Waals surface area contributed by atoms with E-state index in [-0.39, 0.29) is 24.3 Å². The summed E-state index contributed by atoms with van der Waals surface area (Å²) in [5.41, 5.74) is 1.20. The number of carbonyl (C=O) groups is 2. The van der Waals surface area contributed by atoms with Crippen LogP contribution in [0.3, 0.4) is 0 Å². The van der Waals surface area contributed by atoms with Crippen LogP contribution in [0, 0.1) is 6.92 Å². The van der Waals surface area contributed by atoms with Crippen molar-refractivity contribution < 1.29 is 18.7 Å². The van der Waals surface area contributed by atoms with Crippen molar-refractivity contribution >= 4 is 40.7 Å². The predicted molar refractivity (Wildman–Crippen MR) is 119 cm³/mol. The molecule has 0 spiro atoms. The SMILES string of the molecule is Cc1ccc(Sc2ccc(/C=C3\SC(=O)N(CCOc4ccccc4)C3=O)o2)cc1. The maximum atomic E-state index is 12.6. The van der Waals surface area contributed by atoms with Gasteiger partial charge in [0.25, 0.3) is 11.1 Å². The van der Waals surface area contributed by atoms with Gasteiger partial charge in [-0.3, -0.25) is 14.5 Å². The van der Waals surface area contributed by atoms with Gasteiger partial charge in [-0.1, -0.05) is 47.7 Å². The highest BCUT2D eigenvalue weighted by Crippen LogP contribution is 2.34. The van der Waals surface area contributed by atoms with Crippen molar-refractivity contribution in [2.45, 2.75) is 16.9 Å². The molecule has 0 aliphatic carbocycles. The Morgan fingerprint density at radius 1 is 1.03 bits per heavy atom. The van der Waals surface area contributed by atoms with Crippen LogP contribution in [-0.4, -0.2) is 29.2 Å².